The summed E-state index contributed by atoms with van der Waals surface area (Å²) in [6, 6.07) is 12.7. The minimum Gasteiger partial charge on any atom is -0.297 e. The van der Waals surface area contributed by atoms with Crippen molar-refractivity contribution in [1.29, 1.82) is 0 Å². The molecule has 0 spiro atoms. The number of halogens is 2. The van der Waals surface area contributed by atoms with Crippen molar-refractivity contribution in [1.82, 2.24) is 4.90 Å². The lowest BCUT2D eigenvalue weighted by Crippen LogP contribution is -2.31. The number of nitrogens with zero attached hydrogens (tertiary/aromatic N) is 1. The molecule has 0 atom stereocenters. The molecule has 2 aromatic carbocycles. The standard InChI is InChI=1S/C18H17Cl2NOS/c19-16-9-15(10-17(20)11-16)18(22)14-3-1-13(2-4-14)12-21-5-7-23-8-6-21/h1-4,9-11H,5-8,12H2. The summed E-state index contributed by atoms with van der Waals surface area (Å²) in [5.74, 6) is 2.34. The van der Waals surface area contributed by atoms with E-state index in [4.69, 9.17) is 23.2 Å². The highest BCUT2D eigenvalue weighted by atomic mass is 35.5. The second-order valence-corrected chi connectivity index (χ2v) is 7.67. The van der Waals surface area contributed by atoms with Crippen molar-refractivity contribution in [2.75, 3.05) is 24.6 Å². The van der Waals surface area contributed by atoms with E-state index in [0.717, 1.165) is 19.6 Å². The van der Waals surface area contributed by atoms with E-state index in [0.29, 0.717) is 21.2 Å². The Balaban J connectivity index is 1.72. The summed E-state index contributed by atoms with van der Waals surface area (Å²) in [5, 5.41) is 0.945. The monoisotopic (exact) mass is 365 g/mol. The van der Waals surface area contributed by atoms with E-state index >= 15 is 0 Å². The summed E-state index contributed by atoms with van der Waals surface area (Å²) in [6.45, 7) is 3.21. The predicted molar refractivity (Wildman–Crippen MR) is 98.9 cm³/mol. The van der Waals surface area contributed by atoms with Gasteiger partial charge in [-0.1, -0.05) is 47.5 Å². The fraction of sp³-hybridized carbons (Fsp3) is 0.278. The van der Waals surface area contributed by atoms with Gasteiger partial charge in [0.15, 0.2) is 5.78 Å². The van der Waals surface area contributed by atoms with Crippen LogP contribution in [0.1, 0.15) is 21.5 Å². The molecular formula is C18H17Cl2NOS. The van der Waals surface area contributed by atoms with Crippen molar-refractivity contribution in [3.63, 3.8) is 0 Å². The number of ketones is 1. The first-order valence-electron chi connectivity index (χ1n) is 7.52. The number of rotatable bonds is 4. The maximum Gasteiger partial charge on any atom is 0.193 e. The van der Waals surface area contributed by atoms with Gasteiger partial charge in [-0.3, -0.25) is 9.69 Å². The molecule has 1 fully saturated rings. The van der Waals surface area contributed by atoms with E-state index in [1.54, 1.807) is 18.2 Å². The Morgan fingerprint density at radius 1 is 0.957 bits per heavy atom. The molecule has 23 heavy (non-hydrogen) atoms. The third-order valence-electron chi connectivity index (χ3n) is 3.85. The van der Waals surface area contributed by atoms with Gasteiger partial charge < -0.3 is 0 Å². The van der Waals surface area contributed by atoms with Gasteiger partial charge in [-0.15, -0.1) is 0 Å². The number of hydrogen-bond donors (Lipinski definition) is 0. The highest BCUT2D eigenvalue weighted by molar-refractivity contribution is 7.99. The van der Waals surface area contributed by atoms with Crippen molar-refractivity contribution < 1.29 is 4.79 Å². The van der Waals surface area contributed by atoms with Crippen LogP contribution in [-0.4, -0.2) is 35.3 Å². The fourth-order valence-corrected chi connectivity index (χ4v) is 4.14. The van der Waals surface area contributed by atoms with Gasteiger partial charge in [0, 0.05) is 52.3 Å². The van der Waals surface area contributed by atoms with Crippen molar-refractivity contribution in [2.24, 2.45) is 0 Å². The van der Waals surface area contributed by atoms with Crippen LogP contribution in [0.25, 0.3) is 0 Å². The number of benzene rings is 2. The Kier molecular flexibility index (Phi) is 5.65. The molecule has 0 unspecified atom stereocenters. The van der Waals surface area contributed by atoms with Crippen LogP contribution in [-0.2, 0) is 6.54 Å². The predicted octanol–water partition coefficient (Wildman–Crippen LogP) is 4.77. The van der Waals surface area contributed by atoms with Gasteiger partial charge in [0.25, 0.3) is 0 Å². The first kappa shape index (κ1) is 16.8. The molecule has 0 radical (unpaired) electrons. The molecule has 0 aliphatic carbocycles. The zero-order valence-electron chi connectivity index (χ0n) is 12.6. The van der Waals surface area contributed by atoms with Gasteiger partial charge in [-0.25, -0.2) is 0 Å². The lowest BCUT2D eigenvalue weighted by atomic mass is 10.0. The van der Waals surface area contributed by atoms with Crippen LogP contribution in [0, 0.1) is 0 Å². The van der Waals surface area contributed by atoms with Crippen molar-refractivity contribution in [2.45, 2.75) is 6.54 Å². The third-order valence-corrected chi connectivity index (χ3v) is 5.23. The first-order valence-corrected chi connectivity index (χ1v) is 9.43. The minimum absolute atomic E-state index is 0.0599. The lowest BCUT2D eigenvalue weighted by Gasteiger charge is -2.26. The van der Waals surface area contributed by atoms with Crippen LogP contribution in [0.3, 0.4) is 0 Å². The molecule has 1 heterocycles. The van der Waals surface area contributed by atoms with E-state index in [2.05, 4.69) is 4.90 Å². The first-order chi connectivity index (χ1) is 11.1. The fourth-order valence-electron chi connectivity index (χ4n) is 2.63. The Morgan fingerprint density at radius 2 is 1.57 bits per heavy atom. The average Bonchev–Trinajstić information content (AvgIpc) is 2.55. The largest absolute Gasteiger partial charge is 0.297 e. The minimum atomic E-state index is -0.0599. The molecule has 2 nitrogen and oxygen atoms in total. The van der Waals surface area contributed by atoms with Crippen LogP contribution >= 0.6 is 35.0 Å². The van der Waals surface area contributed by atoms with Gasteiger partial charge in [0.2, 0.25) is 0 Å². The van der Waals surface area contributed by atoms with Crippen LogP contribution in [0.4, 0.5) is 0 Å². The highest BCUT2D eigenvalue weighted by Gasteiger charge is 2.13. The van der Waals surface area contributed by atoms with E-state index in [1.165, 1.54) is 17.1 Å². The Hall–Kier alpha value is -1.000. The molecule has 2 aromatic rings. The molecule has 5 heteroatoms. The molecule has 1 saturated heterocycles. The third kappa shape index (κ3) is 4.51. The Morgan fingerprint density at radius 3 is 2.17 bits per heavy atom. The van der Waals surface area contributed by atoms with Gasteiger partial charge in [-0.05, 0) is 23.8 Å². The van der Waals surface area contributed by atoms with E-state index < -0.39 is 0 Å². The Labute approximate surface area is 150 Å². The van der Waals surface area contributed by atoms with Gasteiger partial charge in [0.1, 0.15) is 0 Å². The lowest BCUT2D eigenvalue weighted by molar-refractivity contribution is 0.103. The number of hydrogen-bond acceptors (Lipinski definition) is 3. The van der Waals surface area contributed by atoms with Crippen LogP contribution in [0.5, 0.6) is 0 Å². The van der Waals surface area contributed by atoms with Crippen LogP contribution < -0.4 is 0 Å². The summed E-state index contributed by atoms with van der Waals surface area (Å²) in [5.41, 5.74) is 2.40. The zero-order valence-corrected chi connectivity index (χ0v) is 14.9. The summed E-state index contributed by atoms with van der Waals surface area (Å²) >= 11 is 14.0. The number of carbonyl (C=O) groups excluding carboxylic acids is 1. The SMILES string of the molecule is O=C(c1ccc(CN2CCSCC2)cc1)c1cc(Cl)cc(Cl)c1. The second-order valence-electron chi connectivity index (χ2n) is 5.57. The molecule has 0 N–H and O–H groups in total. The zero-order chi connectivity index (χ0) is 16.2. The normalized spacial score (nSPS) is 15.6. The van der Waals surface area contributed by atoms with E-state index in [-0.39, 0.29) is 5.78 Å². The molecule has 0 saturated carbocycles. The molecule has 3 rings (SSSR count). The van der Waals surface area contributed by atoms with E-state index in [9.17, 15) is 4.79 Å². The summed E-state index contributed by atoms with van der Waals surface area (Å²) in [4.78, 5) is 15.0. The molecule has 0 aromatic heterocycles. The van der Waals surface area contributed by atoms with Gasteiger partial charge in [-0.2, -0.15) is 11.8 Å². The van der Waals surface area contributed by atoms with E-state index in [1.807, 2.05) is 36.0 Å². The smallest absolute Gasteiger partial charge is 0.193 e. The molecule has 0 bridgehead atoms. The number of thioether (sulfide) groups is 1. The molecule has 1 aliphatic rings. The molecule has 1 aliphatic heterocycles. The maximum absolute atomic E-state index is 12.5. The average molecular weight is 366 g/mol. The maximum atomic E-state index is 12.5. The topological polar surface area (TPSA) is 20.3 Å². The molecule has 0 amide bonds. The summed E-state index contributed by atoms with van der Waals surface area (Å²) in [7, 11) is 0. The van der Waals surface area contributed by atoms with Crippen molar-refractivity contribution >= 4 is 40.7 Å². The van der Waals surface area contributed by atoms with Crippen molar-refractivity contribution in [3.8, 4) is 0 Å². The quantitative estimate of drug-likeness (QED) is 0.727. The van der Waals surface area contributed by atoms with Crippen LogP contribution in [0.15, 0.2) is 42.5 Å². The van der Waals surface area contributed by atoms with Gasteiger partial charge in [0.05, 0.1) is 0 Å². The number of carbonyl (C=O) groups is 1. The second kappa shape index (κ2) is 7.71. The Bertz CT molecular complexity index is 676. The summed E-state index contributed by atoms with van der Waals surface area (Å²) in [6.07, 6.45) is 0. The van der Waals surface area contributed by atoms with Crippen LogP contribution in [0.2, 0.25) is 10.0 Å². The highest BCUT2D eigenvalue weighted by Crippen LogP contribution is 2.22. The molecular weight excluding hydrogens is 349 g/mol. The molecule has 120 valence electrons. The van der Waals surface area contributed by atoms with Gasteiger partial charge >= 0.3 is 0 Å². The van der Waals surface area contributed by atoms with Crippen molar-refractivity contribution in [3.05, 3.63) is 69.2 Å². The summed E-state index contributed by atoms with van der Waals surface area (Å²) < 4.78 is 0.